The number of fused-ring (bicyclic) bond motifs is 1. The number of aliphatic hydroxyl groups is 1. The Labute approximate surface area is 208 Å². The van der Waals surface area contributed by atoms with E-state index in [-0.39, 0.29) is 12.4 Å². The molecule has 0 amide bonds. The average Bonchev–Trinajstić information content (AvgIpc) is 2.88. The Hall–Kier alpha value is -3.80. The molecule has 35 heavy (non-hydrogen) atoms. The van der Waals surface area contributed by atoms with Crippen molar-refractivity contribution in [1.82, 2.24) is 9.97 Å². The molecule has 6 heteroatoms. The summed E-state index contributed by atoms with van der Waals surface area (Å²) in [5.74, 6) is -0.318. The first-order valence-corrected chi connectivity index (χ1v) is 11.6. The molecule has 0 saturated heterocycles. The largest absolute Gasteiger partial charge is 0.392 e. The van der Waals surface area contributed by atoms with E-state index in [1.54, 1.807) is 18.3 Å². The van der Waals surface area contributed by atoms with Gasteiger partial charge in [-0.2, -0.15) is 0 Å². The Balaban J connectivity index is 1.75. The van der Waals surface area contributed by atoms with Gasteiger partial charge in [-0.05, 0) is 59.2 Å². The Kier molecular flexibility index (Phi) is 6.20. The van der Waals surface area contributed by atoms with Crippen molar-refractivity contribution < 1.29 is 9.50 Å². The van der Waals surface area contributed by atoms with Crippen LogP contribution in [0, 0.1) is 5.82 Å². The van der Waals surface area contributed by atoms with Gasteiger partial charge in [-0.25, -0.2) is 9.37 Å². The van der Waals surface area contributed by atoms with Crippen LogP contribution in [0.15, 0.2) is 85.1 Å². The average molecular weight is 484 g/mol. The van der Waals surface area contributed by atoms with E-state index < -0.39 is 0 Å². The van der Waals surface area contributed by atoms with E-state index in [1.165, 1.54) is 12.1 Å². The first kappa shape index (κ1) is 23.0. The lowest BCUT2D eigenvalue weighted by Crippen LogP contribution is -2.11. The van der Waals surface area contributed by atoms with Crippen LogP contribution >= 0.6 is 11.6 Å². The maximum absolute atomic E-state index is 13.5. The summed E-state index contributed by atoms with van der Waals surface area (Å²) in [4.78, 5) is 11.2. The molecule has 2 aromatic heterocycles. The van der Waals surface area contributed by atoms with Gasteiger partial charge in [0.05, 0.1) is 23.5 Å². The summed E-state index contributed by atoms with van der Waals surface area (Å²) in [5, 5.41) is 11.7. The van der Waals surface area contributed by atoms with Gasteiger partial charge in [0.15, 0.2) is 0 Å². The van der Waals surface area contributed by atoms with Crippen LogP contribution in [0.5, 0.6) is 0 Å². The van der Waals surface area contributed by atoms with E-state index in [1.807, 2.05) is 67.5 Å². The number of anilines is 1. The van der Waals surface area contributed by atoms with Gasteiger partial charge in [0.2, 0.25) is 0 Å². The SMILES string of the molecule is CN(C)c1c(-c2ccccc2)c(Cl)nc2ccc(-c3ccnc(-c4ccc(F)cc4)c3CO)cc12. The molecule has 0 aliphatic heterocycles. The molecule has 0 unspecified atom stereocenters. The van der Waals surface area contributed by atoms with E-state index >= 15 is 0 Å². The van der Waals surface area contributed by atoms with Gasteiger partial charge in [0.1, 0.15) is 11.0 Å². The van der Waals surface area contributed by atoms with E-state index in [2.05, 4.69) is 16.0 Å². The summed E-state index contributed by atoms with van der Waals surface area (Å²) >= 11 is 6.69. The molecule has 0 radical (unpaired) electrons. The van der Waals surface area contributed by atoms with Crippen molar-refractivity contribution in [3.8, 4) is 33.5 Å². The second kappa shape index (κ2) is 9.45. The number of nitrogens with zero attached hydrogens (tertiary/aromatic N) is 3. The van der Waals surface area contributed by atoms with Crippen LogP contribution < -0.4 is 4.90 Å². The Morgan fingerprint density at radius 3 is 2.29 bits per heavy atom. The molecular weight excluding hydrogens is 461 g/mol. The summed E-state index contributed by atoms with van der Waals surface area (Å²) in [7, 11) is 3.98. The number of pyridine rings is 2. The summed E-state index contributed by atoms with van der Waals surface area (Å²) in [6.07, 6.45) is 1.71. The molecule has 0 aliphatic carbocycles. The molecule has 0 spiro atoms. The van der Waals surface area contributed by atoms with Gasteiger partial charge in [0, 0.05) is 42.4 Å². The highest BCUT2D eigenvalue weighted by molar-refractivity contribution is 6.34. The van der Waals surface area contributed by atoms with Gasteiger partial charge in [-0.3, -0.25) is 4.98 Å². The van der Waals surface area contributed by atoms with Crippen LogP contribution in [0.25, 0.3) is 44.4 Å². The minimum atomic E-state index is -0.318. The molecule has 1 N–H and O–H groups in total. The Morgan fingerprint density at radius 2 is 1.60 bits per heavy atom. The predicted molar refractivity (Wildman–Crippen MR) is 141 cm³/mol. The van der Waals surface area contributed by atoms with Crippen molar-refractivity contribution in [2.24, 2.45) is 0 Å². The van der Waals surface area contributed by atoms with E-state index in [0.29, 0.717) is 16.4 Å². The number of hydrogen-bond acceptors (Lipinski definition) is 4. The van der Waals surface area contributed by atoms with Gasteiger partial charge < -0.3 is 10.0 Å². The third-order valence-corrected chi connectivity index (χ3v) is 6.34. The standard InChI is InChI=1S/C29H23ClFN3O/c1-34(2)28-23-16-20(10-13-25(23)33-29(30)26(28)18-6-4-3-5-7-18)22-14-15-32-27(24(22)17-35)19-8-11-21(31)12-9-19/h3-16,35H,17H2,1-2H3. The normalized spacial score (nSPS) is 11.1. The van der Waals surface area contributed by atoms with E-state index in [0.717, 1.165) is 44.4 Å². The molecule has 3 aromatic carbocycles. The monoisotopic (exact) mass is 483 g/mol. The second-order valence-electron chi connectivity index (χ2n) is 8.47. The third-order valence-electron chi connectivity index (χ3n) is 6.07. The van der Waals surface area contributed by atoms with Crippen LogP contribution in [0.4, 0.5) is 10.1 Å². The van der Waals surface area contributed by atoms with E-state index in [4.69, 9.17) is 11.6 Å². The molecule has 174 valence electrons. The summed E-state index contributed by atoms with van der Waals surface area (Å²) in [5.41, 5.74) is 7.40. The number of aromatic nitrogens is 2. The van der Waals surface area contributed by atoms with Crippen LogP contribution in [0.2, 0.25) is 5.15 Å². The smallest absolute Gasteiger partial charge is 0.139 e. The summed E-state index contributed by atoms with van der Waals surface area (Å²) < 4.78 is 13.5. The number of benzene rings is 3. The van der Waals surface area contributed by atoms with Crippen molar-refractivity contribution in [3.63, 3.8) is 0 Å². The van der Waals surface area contributed by atoms with Crippen molar-refractivity contribution in [2.75, 3.05) is 19.0 Å². The lowest BCUT2D eigenvalue weighted by molar-refractivity contribution is 0.282. The molecule has 5 aromatic rings. The highest BCUT2D eigenvalue weighted by atomic mass is 35.5. The third kappa shape index (κ3) is 4.25. The molecule has 0 atom stereocenters. The summed E-state index contributed by atoms with van der Waals surface area (Å²) in [6, 6.07) is 24.0. The number of rotatable bonds is 5. The van der Waals surface area contributed by atoms with Crippen molar-refractivity contribution >= 4 is 28.2 Å². The van der Waals surface area contributed by atoms with Crippen molar-refractivity contribution in [3.05, 3.63) is 102 Å². The first-order valence-electron chi connectivity index (χ1n) is 11.2. The fraction of sp³-hybridized carbons (Fsp3) is 0.103. The van der Waals surface area contributed by atoms with Gasteiger partial charge in [-0.1, -0.05) is 48.0 Å². The quantitative estimate of drug-likeness (QED) is 0.274. The van der Waals surface area contributed by atoms with Crippen LogP contribution in [0.3, 0.4) is 0 Å². The zero-order chi connectivity index (χ0) is 24.5. The summed E-state index contributed by atoms with van der Waals surface area (Å²) in [6.45, 7) is -0.206. The molecule has 0 saturated carbocycles. The maximum atomic E-state index is 13.5. The molecule has 4 nitrogen and oxygen atoms in total. The number of hydrogen-bond donors (Lipinski definition) is 1. The minimum absolute atomic E-state index is 0.206. The highest BCUT2D eigenvalue weighted by Crippen LogP contribution is 2.42. The van der Waals surface area contributed by atoms with Crippen molar-refractivity contribution in [1.29, 1.82) is 0 Å². The molecule has 0 bridgehead atoms. The number of halogens is 2. The van der Waals surface area contributed by atoms with Gasteiger partial charge >= 0.3 is 0 Å². The lowest BCUT2D eigenvalue weighted by atomic mass is 9.94. The number of aliphatic hydroxyl groups excluding tert-OH is 1. The van der Waals surface area contributed by atoms with E-state index in [9.17, 15) is 9.50 Å². The zero-order valence-electron chi connectivity index (χ0n) is 19.3. The zero-order valence-corrected chi connectivity index (χ0v) is 20.1. The van der Waals surface area contributed by atoms with Crippen LogP contribution in [0.1, 0.15) is 5.56 Å². The fourth-order valence-electron chi connectivity index (χ4n) is 4.49. The second-order valence-corrected chi connectivity index (χ2v) is 8.83. The van der Waals surface area contributed by atoms with Crippen LogP contribution in [-0.4, -0.2) is 29.2 Å². The molecular formula is C29H23ClFN3O. The van der Waals surface area contributed by atoms with Gasteiger partial charge in [0.25, 0.3) is 0 Å². The minimum Gasteiger partial charge on any atom is -0.392 e. The topological polar surface area (TPSA) is 49.2 Å². The van der Waals surface area contributed by atoms with Crippen molar-refractivity contribution in [2.45, 2.75) is 6.61 Å². The highest BCUT2D eigenvalue weighted by Gasteiger charge is 2.19. The maximum Gasteiger partial charge on any atom is 0.139 e. The Morgan fingerprint density at radius 1 is 0.886 bits per heavy atom. The molecule has 0 fully saturated rings. The lowest BCUT2D eigenvalue weighted by Gasteiger charge is -2.22. The molecule has 0 aliphatic rings. The van der Waals surface area contributed by atoms with Crippen LogP contribution in [-0.2, 0) is 6.61 Å². The molecule has 2 heterocycles. The fourth-order valence-corrected chi connectivity index (χ4v) is 4.78. The molecule has 5 rings (SSSR count). The van der Waals surface area contributed by atoms with Gasteiger partial charge in [-0.15, -0.1) is 0 Å². The Bertz CT molecular complexity index is 1520. The predicted octanol–water partition coefficient (Wildman–Crippen LogP) is 6.98. The first-order chi connectivity index (χ1) is 17.0.